The number of amides is 1. The van der Waals surface area contributed by atoms with Crippen LogP contribution in [0.4, 0.5) is 0 Å². The molecule has 5 nitrogen and oxygen atoms in total. The van der Waals surface area contributed by atoms with Crippen molar-refractivity contribution in [2.45, 2.75) is 44.5 Å². The summed E-state index contributed by atoms with van der Waals surface area (Å²) in [7, 11) is 0. The summed E-state index contributed by atoms with van der Waals surface area (Å²) in [4.78, 5) is 12.4. The van der Waals surface area contributed by atoms with E-state index in [-0.39, 0.29) is 11.9 Å². The van der Waals surface area contributed by atoms with E-state index in [0.29, 0.717) is 13.0 Å². The SMILES string of the molecule is N[C@H](Cc1ccc(-c2ccccc2OCc2ccccc2)cc1)NC(=O)[C@@H]1CCCCN1. The molecule has 2 atom stereocenters. The number of hydrogen-bond acceptors (Lipinski definition) is 4. The van der Waals surface area contributed by atoms with Gasteiger partial charge in [-0.25, -0.2) is 0 Å². The summed E-state index contributed by atoms with van der Waals surface area (Å²) in [5.74, 6) is 0.853. The highest BCUT2D eigenvalue weighted by Gasteiger charge is 2.21. The van der Waals surface area contributed by atoms with Gasteiger partial charge in [0.15, 0.2) is 0 Å². The number of rotatable bonds is 8. The Bertz CT molecular complexity index is 999. The topological polar surface area (TPSA) is 76.4 Å². The Balaban J connectivity index is 1.36. The minimum atomic E-state index is -0.404. The molecule has 0 bridgehead atoms. The average Bonchev–Trinajstić information content (AvgIpc) is 2.84. The van der Waals surface area contributed by atoms with Gasteiger partial charge in [-0.05, 0) is 42.1 Å². The molecule has 0 spiro atoms. The van der Waals surface area contributed by atoms with Gasteiger partial charge in [-0.3, -0.25) is 4.79 Å². The third-order valence-electron chi connectivity index (χ3n) is 5.80. The first kappa shape index (κ1) is 22.1. The quantitative estimate of drug-likeness (QED) is 0.473. The van der Waals surface area contributed by atoms with Crippen LogP contribution in [0.2, 0.25) is 0 Å². The van der Waals surface area contributed by atoms with E-state index in [1.165, 1.54) is 0 Å². The summed E-state index contributed by atoms with van der Waals surface area (Å²) in [6.45, 7) is 1.42. The smallest absolute Gasteiger partial charge is 0.238 e. The van der Waals surface area contributed by atoms with Crippen molar-refractivity contribution in [2.75, 3.05) is 6.54 Å². The molecule has 0 aliphatic carbocycles. The van der Waals surface area contributed by atoms with Crippen molar-refractivity contribution in [1.82, 2.24) is 10.6 Å². The largest absolute Gasteiger partial charge is 0.488 e. The van der Waals surface area contributed by atoms with E-state index in [1.807, 2.05) is 36.4 Å². The summed E-state index contributed by atoms with van der Waals surface area (Å²) in [6.07, 6.45) is 3.27. The van der Waals surface area contributed by atoms with E-state index in [9.17, 15) is 4.79 Å². The minimum absolute atomic E-state index is 0.00156. The van der Waals surface area contributed by atoms with E-state index in [2.05, 4.69) is 53.1 Å². The molecule has 0 saturated carbocycles. The predicted molar refractivity (Wildman–Crippen MR) is 128 cm³/mol. The van der Waals surface area contributed by atoms with Gasteiger partial charge in [-0.2, -0.15) is 0 Å². The number of piperidine rings is 1. The van der Waals surface area contributed by atoms with Crippen molar-refractivity contribution in [3.8, 4) is 16.9 Å². The third kappa shape index (κ3) is 5.96. The molecule has 4 N–H and O–H groups in total. The summed E-state index contributed by atoms with van der Waals surface area (Å²) in [6, 6.07) is 26.4. The van der Waals surface area contributed by atoms with Crippen molar-refractivity contribution < 1.29 is 9.53 Å². The number of nitrogens with two attached hydrogens (primary N) is 1. The van der Waals surface area contributed by atoms with Crippen LogP contribution >= 0.6 is 0 Å². The molecule has 1 aliphatic heterocycles. The van der Waals surface area contributed by atoms with Crippen LogP contribution in [0.3, 0.4) is 0 Å². The Morgan fingerprint density at radius 3 is 2.47 bits per heavy atom. The zero-order chi connectivity index (χ0) is 22.2. The lowest BCUT2D eigenvalue weighted by Crippen LogP contribution is -2.52. The first-order chi connectivity index (χ1) is 15.7. The zero-order valence-electron chi connectivity index (χ0n) is 18.3. The van der Waals surface area contributed by atoms with Crippen LogP contribution in [0.5, 0.6) is 5.75 Å². The van der Waals surface area contributed by atoms with Crippen LogP contribution in [0.1, 0.15) is 30.4 Å². The molecule has 3 aromatic rings. The first-order valence-electron chi connectivity index (χ1n) is 11.3. The molecule has 0 aromatic heterocycles. The molecule has 1 aliphatic rings. The first-order valence-corrected chi connectivity index (χ1v) is 11.3. The molecule has 1 saturated heterocycles. The highest BCUT2D eigenvalue weighted by molar-refractivity contribution is 5.82. The fraction of sp³-hybridized carbons (Fsp3) is 0.296. The van der Waals surface area contributed by atoms with Gasteiger partial charge in [0.05, 0.1) is 12.2 Å². The van der Waals surface area contributed by atoms with Crippen LogP contribution in [-0.4, -0.2) is 24.7 Å². The average molecular weight is 430 g/mol. The summed E-state index contributed by atoms with van der Waals surface area (Å²) in [5, 5.41) is 6.20. The second-order valence-corrected chi connectivity index (χ2v) is 8.29. The molecule has 166 valence electrons. The highest BCUT2D eigenvalue weighted by Crippen LogP contribution is 2.30. The van der Waals surface area contributed by atoms with Crippen LogP contribution in [0.25, 0.3) is 11.1 Å². The monoisotopic (exact) mass is 429 g/mol. The fourth-order valence-corrected chi connectivity index (χ4v) is 4.05. The van der Waals surface area contributed by atoms with Crippen LogP contribution < -0.4 is 21.1 Å². The van der Waals surface area contributed by atoms with Gasteiger partial charge in [0, 0.05) is 12.0 Å². The van der Waals surface area contributed by atoms with Gasteiger partial charge < -0.3 is 21.1 Å². The van der Waals surface area contributed by atoms with E-state index >= 15 is 0 Å². The molecule has 3 aromatic carbocycles. The predicted octanol–water partition coefficient (Wildman–Crippen LogP) is 4.02. The van der Waals surface area contributed by atoms with E-state index < -0.39 is 6.17 Å². The number of nitrogens with one attached hydrogen (secondary N) is 2. The summed E-state index contributed by atoms with van der Waals surface area (Å²) >= 11 is 0. The van der Waals surface area contributed by atoms with Crippen LogP contribution in [0.15, 0.2) is 78.9 Å². The maximum atomic E-state index is 12.4. The number of hydrogen-bond donors (Lipinski definition) is 3. The summed E-state index contributed by atoms with van der Waals surface area (Å²) in [5.41, 5.74) is 10.6. The van der Waals surface area contributed by atoms with Crippen molar-refractivity contribution in [1.29, 1.82) is 0 Å². The maximum Gasteiger partial charge on any atom is 0.238 e. The second kappa shape index (κ2) is 10.9. The Kier molecular flexibility index (Phi) is 7.54. The van der Waals surface area contributed by atoms with Crippen molar-refractivity contribution in [3.63, 3.8) is 0 Å². The number of carbonyl (C=O) groups excluding carboxylic acids is 1. The maximum absolute atomic E-state index is 12.4. The number of ether oxygens (including phenoxy) is 1. The fourth-order valence-electron chi connectivity index (χ4n) is 4.05. The van der Waals surface area contributed by atoms with Crippen LogP contribution in [-0.2, 0) is 17.8 Å². The molecule has 32 heavy (non-hydrogen) atoms. The molecule has 1 fully saturated rings. The van der Waals surface area contributed by atoms with Gasteiger partial charge in [0.2, 0.25) is 5.91 Å². The second-order valence-electron chi connectivity index (χ2n) is 8.29. The van der Waals surface area contributed by atoms with E-state index in [0.717, 1.165) is 53.8 Å². The lowest BCUT2D eigenvalue weighted by Gasteiger charge is -2.24. The Labute approximate surface area is 190 Å². The Hall–Kier alpha value is -3.15. The lowest BCUT2D eigenvalue weighted by atomic mass is 10.0. The minimum Gasteiger partial charge on any atom is -0.488 e. The molecule has 1 heterocycles. The number of benzene rings is 3. The molecule has 4 rings (SSSR count). The normalized spacial score (nSPS) is 16.8. The van der Waals surface area contributed by atoms with Crippen LogP contribution in [0, 0.1) is 0 Å². The molecule has 1 amide bonds. The Morgan fingerprint density at radius 2 is 1.72 bits per heavy atom. The standard InChI is InChI=1S/C27H31N3O2/c28-26(30-27(31)24-11-6-7-17-29-24)18-20-13-15-22(16-14-20)23-10-4-5-12-25(23)32-19-21-8-2-1-3-9-21/h1-5,8-10,12-16,24,26,29H,6-7,11,17-19,28H2,(H,30,31)/t24-,26-/m0/s1. The van der Waals surface area contributed by atoms with Gasteiger partial charge in [0.25, 0.3) is 0 Å². The number of carbonyl (C=O) groups is 1. The van der Waals surface area contributed by atoms with Gasteiger partial charge >= 0.3 is 0 Å². The lowest BCUT2D eigenvalue weighted by molar-refractivity contribution is -0.124. The van der Waals surface area contributed by atoms with E-state index in [4.69, 9.17) is 10.5 Å². The van der Waals surface area contributed by atoms with Crippen molar-refractivity contribution >= 4 is 5.91 Å². The van der Waals surface area contributed by atoms with Crippen molar-refractivity contribution in [2.24, 2.45) is 5.73 Å². The molecule has 0 unspecified atom stereocenters. The molecular formula is C27H31N3O2. The van der Waals surface area contributed by atoms with Gasteiger partial charge in [-0.1, -0.05) is 79.2 Å². The van der Waals surface area contributed by atoms with Gasteiger partial charge in [0.1, 0.15) is 12.4 Å². The number of para-hydroxylation sites is 1. The third-order valence-corrected chi connectivity index (χ3v) is 5.80. The van der Waals surface area contributed by atoms with Crippen molar-refractivity contribution in [3.05, 3.63) is 90.0 Å². The zero-order valence-corrected chi connectivity index (χ0v) is 18.3. The molecule has 5 heteroatoms. The molecule has 0 radical (unpaired) electrons. The highest BCUT2D eigenvalue weighted by atomic mass is 16.5. The van der Waals surface area contributed by atoms with Gasteiger partial charge in [-0.15, -0.1) is 0 Å². The van der Waals surface area contributed by atoms with E-state index in [1.54, 1.807) is 0 Å². The summed E-state index contributed by atoms with van der Waals surface area (Å²) < 4.78 is 6.10. The molecular weight excluding hydrogens is 398 g/mol. The Morgan fingerprint density at radius 1 is 0.969 bits per heavy atom.